The molecule has 0 saturated carbocycles. The molecule has 6 nitrogen and oxygen atoms in total. The fraction of sp³-hybridized carbons (Fsp3) is 0.318. The van der Waals surface area contributed by atoms with Crippen molar-refractivity contribution in [2.45, 2.75) is 30.7 Å². The predicted octanol–water partition coefficient (Wildman–Crippen LogP) is 3.34. The van der Waals surface area contributed by atoms with Crippen LogP contribution in [0.15, 0.2) is 53.4 Å². The molecule has 3 rings (SSSR count). The van der Waals surface area contributed by atoms with Gasteiger partial charge >= 0.3 is 0 Å². The van der Waals surface area contributed by atoms with E-state index in [1.54, 1.807) is 30.3 Å². The Hall–Kier alpha value is -2.71. The summed E-state index contributed by atoms with van der Waals surface area (Å²) in [6.07, 6.45) is 5.60. The van der Waals surface area contributed by atoms with E-state index in [2.05, 4.69) is 5.32 Å². The maximum atomic E-state index is 13.1. The topological polar surface area (TPSA) is 75.7 Å². The Balaban J connectivity index is 1.72. The lowest BCUT2D eigenvalue weighted by Gasteiger charge is -2.26. The van der Waals surface area contributed by atoms with E-state index in [9.17, 15) is 17.6 Å². The van der Waals surface area contributed by atoms with Crippen LogP contribution in [0.4, 0.5) is 4.39 Å². The summed E-state index contributed by atoms with van der Waals surface area (Å²) >= 11 is 0. The van der Waals surface area contributed by atoms with E-state index in [1.165, 1.54) is 35.7 Å². The monoisotopic (exact) mass is 432 g/mol. The van der Waals surface area contributed by atoms with Crippen molar-refractivity contribution >= 4 is 22.0 Å². The smallest absolute Gasteiger partial charge is 0.246 e. The van der Waals surface area contributed by atoms with Crippen LogP contribution in [0.25, 0.3) is 6.08 Å². The van der Waals surface area contributed by atoms with Crippen LogP contribution in [-0.4, -0.2) is 38.8 Å². The van der Waals surface area contributed by atoms with Gasteiger partial charge in [0, 0.05) is 25.7 Å². The van der Waals surface area contributed by atoms with Gasteiger partial charge in [0.25, 0.3) is 0 Å². The number of sulfonamides is 1. The van der Waals surface area contributed by atoms with E-state index in [1.807, 2.05) is 0 Å². The Bertz CT molecular complexity index is 1010. The molecule has 1 aliphatic heterocycles. The predicted molar refractivity (Wildman–Crippen MR) is 113 cm³/mol. The average molecular weight is 433 g/mol. The molecule has 1 amide bonds. The van der Waals surface area contributed by atoms with E-state index in [4.69, 9.17) is 4.74 Å². The van der Waals surface area contributed by atoms with Crippen LogP contribution in [0, 0.1) is 5.82 Å². The SMILES string of the molecule is COc1ccc(C=CC(=O)NCc2ccc(F)cc2)cc1S(=O)(=O)N1CCCCC1. The number of amides is 1. The Morgan fingerprint density at radius 2 is 1.83 bits per heavy atom. The van der Waals surface area contributed by atoms with Crippen molar-refractivity contribution in [3.05, 3.63) is 65.5 Å². The first kappa shape index (κ1) is 22.0. The third-order valence-corrected chi connectivity index (χ3v) is 6.85. The van der Waals surface area contributed by atoms with Crippen LogP contribution >= 0.6 is 0 Å². The zero-order valence-electron chi connectivity index (χ0n) is 16.8. The summed E-state index contributed by atoms with van der Waals surface area (Å²) in [6.45, 7) is 1.26. The van der Waals surface area contributed by atoms with Crippen molar-refractivity contribution < 1.29 is 22.3 Å². The minimum atomic E-state index is -3.67. The number of carbonyl (C=O) groups is 1. The average Bonchev–Trinajstić information content (AvgIpc) is 2.77. The number of carbonyl (C=O) groups excluding carboxylic acids is 1. The Morgan fingerprint density at radius 1 is 1.13 bits per heavy atom. The van der Waals surface area contributed by atoms with Crippen molar-refractivity contribution in [1.82, 2.24) is 9.62 Å². The van der Waals surface area contributed by atoms with E-state index in [0.29, 0.717) is 18.7 Å². The molecule has 1 fully saturated rings. The number of ether oxygens (including phenoxy) is 1. The van der Waals surface area contributed by atoms with Crippen molar-refractivity contribution in [3.8, 4) is 5.75 Å². The molecule has 0 bridgehead atoms. The second-order valence-electron chi connectivity index (χ2n) is 7.05. The summed E-state index contributed by atoms with van der Waals surface area (Å²) in [6, 6.07) is 10.7. The van der Waals surface area contributed by atoms with Gasteiger partial charge < -0.3 is 10.1 Å². The van der Waals surface area contributed by atoms with Crippen molar-refractivity contribution in [1.29, 1.82) is 0 Å². The van der Waals surface area contributed by atoms with Crippen LogP contribution in [0.3, 0.4) is 0 Å². The molecule has 0 spiro atoms. The molecule has 30 heavy (non-hydrogen) atoms. The summed E-state index contributed by atoms with van der Waals surface area (Å²) in [7, 11) is -2.24. The lowest BCUT2D eigenvalue weighted by Crippen LogP contribution is -2.35. The Labute approximate surface area is 176 Å². The lowest BCUT2D eigenvalue weighted by molar-refractivity contribution is -0.116. The van der Waals surface area contributed by atoms with Gasteiger partial charge in [-0.05, 0) is 54.3 Å². The first-order valence-electron chi connectivity index (χ1n) is 9.79. The van der Waals surface area contributed by atoms with Crippen molar-refractivity contribution in [2.75, 3.05) is 20.2 Å². The normalized spacial score (nSPS) is 15.3. The molecule has 0 radical (unpaired) electrons. The summed E-state index contributed by atoms with van der Waals surface area (Å²) in [4.78, 5) is 12.2. The molecule has 1 N–H and O–H groups in total. The maximum absolute atomic E-state index is 13.1. The highest BCUT2D eigenvalue weighted by molar-refractivity contribution is 7.89. The van der Waals surface area contributed by atoms with Crippen molar-refractivity contribution in [2.24, 2.45) is 0 Å². The van der Waals surface area contributed by atoms with Gasteiger partial charge in [-0.15, -0.1) is 0 Å². The summed E-state index contributed by atoms with van der Waals surface area (Å²) < 4.78 is 45.8. The highest BCUT2D eigenvalue weighted by Crippen LogP contribution is 2.29. The molecule has 1 saturated heterocycles. The molecular weight excluding hydrogens is 407 g/mol. The van der Waals surface area contributed by atoms with Gasteiger partial charge in [0.15, 0.2) is 0 Å². The molecule has 0 aliphatic carbocycles. The highest BCUT2D eigenvalue weighted by Gasteiger charge is 2.28. The van der Waals surface area contributed by atoms with E-state index in [-0.39, 0.29) is 28.9 Å². The molecule has 160 valence electrons. The summed E-state index contributed by atoms with van der Waals surface area (Å²) in [5.74, 6) is -0.395. The largest absolute Gasteiger partial charge is 0.495 e. The number of benzene rings is 2. The molecule has 8 heteroatoms. The summed E-state index contributed by atoms with van der Waals surface area (Å²) in [5, 5.41) is 2.71. The second kappa shape index (κ2) is 9.86. The van der Waals surface area contributed by atoms with Gasteiger partial charge in [0.05, 0.1) is 7.11 Å². The molecule has 2 aromatic rings. The van der Waals surface area contributed by atoms with Crippen LogP contribution in [0.2, 0.25) is 0 Å². The second-order valence-corrected chi connectivity index (χ2v) is 8.96. The van der Waals surface area contributed by atoms with Gasteiger partial charge in [-0.1, -0.05) is 24.6 Å². The Kier molecular flexibility index (Phi) is 7.23. The third-order valence-electron chi connectivity index (χ3n) is 4.93. The fourth-order valence-corrected chi connectivity index (χ4v) is 4.97. The van der Waals surface area contributed by atoms with Gasteiger partial charge in [-0.25, -0.2) is 12.8 Å². The van der Waals surface area contributed by atoms with E-state index < -0.39 is 10.0 Å². The number of hydrogen-bond donors (Lipinski definition) is 1. The number of nitrogens with zero attached hydrogens (tertiary/aromatic N) is 1. The number of piperidine rings is 1. The van der Waals surface area contributed by atoms with Crippen LogP contribution in [0.1, 0.15) is 30.4 Å². The molecule has 2 aromatic carbocycles. The van der Waals surface area contributed by atoms with Crippen LogP contribution < -0.4 is 10.1 Å². The number of nitrogens with one attached hydrogen (secondary N) is 1. The zero-order chi connectivity index (χ0) is 21.6. The van der Waals surface area contributed by atoms with Gasteiger partial charge in [-0.2, -0.15) is 4.31 Å². The molecule has 1 heterocycles. The van der Waals surface area contributed by atoms with E-state index in [0.717, 1.165) is 24.8 Å². The molecule has 0 atom stereocenters. The van der Waals surface area contributed by atoms with Crippen LogP contribution in [0.5, 0.6) is 5.75 Å². The number of methoxy groups -OCH3 is 1. The maximum Gasteiger partial charge on any atom is 0.246 e. The highest BCUT2D eigenvalue weighted by atomic mass is 32.2. The molecule has 0 unspecified atom stereocenters. The molecule has 0 aromatic heterocycles. The van der Waals surface area contributed by atoms with Gasteiger partial charge in [0.2, 0.25) is 15.9 Å². The van der Waals surface area contributed by atoms with Gasteiger partial charge in [-0.3, -0.25) is 4.79 Å². The molecule has 1 aliphatic rings. The number of hydrogen-bond acceptors (Lipinski definition) is 4. The fourth-order valence-electron chi connectivity index (χ4n) is 3.27. The number of rotatable bonds is 7. The molecular formula is C22H25FN2O4S. The van der Waals surface area contributed by atoms with Crippen LogP contribution in [-0.2, 0) is 21.4 Å². The van der Waals surface area contributed by atoms with Gasteiger partial charge in [0.1, 0.15) is 16.5 Å². The van der Waals surface area contributed by atoms with E-state index >= 15 is 0 Å². The first-order chi connectivity index (χ1) is 14.4. The first-order valence-corrected chi connectivity index (χ1v) is 11.2. The minimum Gasteiger partial charge on any atom is -0.495 e. The minimum absolute atomic E-state index is 0.0979. The quantitative estimate of drug-likeness (QED) is 0.681. The van der Waals surface area contributed by atoms with Crippen molar-refractivity contribution in [3.63, 3.8) is 0 Å². The zero-order valence-corrected chi connectivity index (χ0v) is 17.6. The summed E-state index contributed by atoms with van der Waals surface area (Å²) in [5.41, 5.74) is 1.35. The Morgan fingerprint density at radius 3 is 2.50 bits per heavy atom. The number of halogens is 1. The third kappa shape index (κ3) is 5.46. The standard InChI is InChI=1S/C22H25FN2O4S/c1-29-20-11-7-17(15-21(20)30(27,28)25-13-3-2-4-14-25)8-12-22(26)24-16-18-5-9-19(23)10-6-18/h5-12,15H,2-4,13-14,16H2,1H3,(H,24,26). The lowest BCUT2D eigenvalue weighted by atomic mass is 10.2.